The van der Waals surface area contributed by atoms with Crippen molar-refractivity contribution in [3.8, 4) is 0 Å². The molecule has 1 unspecified atom stereocenters. The Morgan fingerprint density at radius 3 is 3.00 bits per heavy atom. The molecule has 35 valence electrons. The van der Waals surface area contributed by atoms with Crippen molar-refractivity contribution in [2.45, 2.75) is 4.83 Å². The smallest absolute Gasteiger partial charge is 0.122 e. The van der Waals surface area contributed by atoms with Gasteiger partial charge in [-0.3, -0.25) is 4.84 Å². The van der Waals surface area contributed by atoms with E-state index >= 15 is 0 Å². The highest BCUT2D eigenvalue weighted by molar-refractivity contribution is 9.09. The van der Waals surface area contributed by atoms with Crippen LogP contribution in [-0.4, -0.2) is 11.4 Å². The molecule has 1 rings (SSSR count). The topological polar surface area (TPSA) is 21.3 Å². The van der Waals surface area contributed by atoms with Crippen molar-refractivity contribution in [2.75, 3.05) is 6.54 Å². The second kappa shape index (κ2) is 1.91. The van der Waals surface area contributed by atoms with Crippen molar-refractivity contribution >= 4 is 15.9 Å². The van der Waals surface area contributed by atoms with Crippen LogP contribution in [0.3, 0.4) is 0 Å². The molecule has 1 saturated heterocycles. The van der Waals surface area contributed by atoms with Gasteiger partial charge >= 0.3 is 0 Å². The van der Waals surface area contributed by atoms with Crippen molar-refractivity contribution in [3.05, 3.63) is 6.61 Å². The van der Waals surface area contributed by atoms with Gasteiger partial charge in [-0.1, -0.05) is 15.9 Å². The van der Waals surface area contributed by atoms with Crippen LogP contribution in [0.1, 0.15) is 0 Å². The van der Waals surface area contributed by atoms with E-state index in [1.807, 2.05) is 0 Å². The maximum absolute atomic E-state index is 4.63. The van der Waals surface area contributed by atoms with Gasteiger partial charge in [0.05, 0.1) is 4.83 Å². The van der Waals surface area contributed by atoms with Crippen molar-refractivity contribution in [1.29, 1.82) is 0 Å². The van der Waals surface area contributed by atoms with E-state index in [-0.39, 0.29) is 0 Å². The van der Waals surface area contributed by atoms with E-state index in [4.69, 9.17) is 0 Å². The summed E-state index contributed by atoms with van der Waals surface area (Å²) < 4.78 is 0. The molecule has 1 heterocycles. The highest BCUT2D eigenvalue weighted by Gasteiger charge is 2.10. The molecular formula is C3H5BrNO. The largest absolute Gasteiger partial charge is 0.294 e. The van der Waals surface area contributed by atoms with Gasteiger partial charge < -0.3 is 0 Å². The molecule has 1 fully saturated rings. The minimum atomic E-state index is 0.400. The fourth-order valence-corrected chi connectivity index (χ4v) is 0.538. The minimum Gasteiger partial charge on any atom is -0.294 e. The Bertz CT molecular complexity index is 44.1. The van der Waals surface area contributed by atoms with Crippen LogP contribution in [0.4, 0.5) is 0 Å². The Kier molecular flexibility index (Phi) is 1.45. The minimum absolute atomic E-state index is 0.400. The van der Waals surface area contributed by atoms with E-state index in [2.05, 4.69) is 26.2 Å². The zero-order chi connectivity index (χ0) is 4.41. The van der Waals surface area contributed by atoms with E-state index < -0.39 is 0 Å². The summed E-state index contributed by atoms with van der Waals surface area (Å²) in [5, 5.41) is 0. The van der Waals surface area contributed by atoms with E-state index in [1.165, 1.54) is 0 Å². The summed E-state index contributed by atoms with van der Waals surface area (Å²) in [5.41, 5.74) is 2.67. The van der Waals surface area contributed by atoms with Crippen LogP contribution in [-0.2, 0) is 4.84 Å². The monoisotopic (exact) mass is 150 g/mol. The first-order valence-electron chi connectivity index (χ1n) is 1.75. The summed E-state index contributed by atoms with van der Waals surface area (Å²) >= 11 is 3.30. The highest BCUT2D eigenvalue weighted by atomic mass is 79.9. The lowest BCUT2D eigenvalue weighted by Crippen LogP contribution is -2.06. The van der Waals surface area contributed by atoms with Crippen molar-refractivity contribution in [2.24, 2.45) is 0 Å². The summed E-state index contributed by atoms with van der Waals surface area (Å²) in [6.45, 7) is 2.58. The molecular weight excluding hydrogens is 146 g/mol. The Hall–Kier alpha value is 0.400. The molecule has 0 aromatic carbocycles. The maximum atomic E-state index is 4.63. The molecule has 0 aromatic rings. The second-order valence-electron chi connectivity index (χ2n) is 1.12. The predicted molar refractivity (Wildman–Crippen MR) is 26.1 cm³/mol. The van der Waals surface area contributed by atoms with Gasteiger partial charge in [-0.25, -0.2) is 5.48 Å². The van der Waals surface area contributed by atoms with Crippen LogP contribution in [0.25, 0.3) is 0 Å². The Labute approximate surface area is 44.9 Å². The predicted octanol–water partition coefficient (Wildman–Crippen LogP) is 0.446. The molecule has 2 nitrogen and oxygen atoms in total. The molecule has 0 spiro atoms. The molecule has 0 aromatic heterocycles. The van der Waals surface area contributed by atoms with Crippen LogP contribution >= 0.6 is 15.9 Å². The zero-order valence-electron chi connectivity index (χ0n) is 3.15. The van der Waals surface area contributed by atoms with Gasteiger partial charge in [-0.15, -0.1) is 0 Å². The molecule has 6 heavy (non-hydrogen) atoms. The maximum Gasteiger partial charge on any atom is 0.122 e. The van der Waals surface area contributed by atoms with Gasteiger partial charge in [0.25, 0.3) is 0 Å². The lowest BCUT2D eigenvalue weighted by atomic mass is 10.5. The number of hydrogen-bond donors (Lipinski definition) is 1. The number of halogens is 1. The summed E-state index contributed by atoms with van der Waals surface area (Å²) in [7, 11) is 0. The lowest BCUT2D eigenvalue weighted by Gasteiger charge is -1.83. The van der Waals surface area contributed by atoms with Gasteiger partial charge in [-0.2, -0.15) is 0 Å². The van der Waals surface area contributed by atoms with Crippen LogP contribution in [0.2, 0.25) is 0 Å². The summed E-state index contributed by atoms with van der Waals surface area (Å²) in [6, 6.07) is 0. The number of hydrogen-bond acceptors (Lipinski definition) is 2. The lowest BCUT2D eigenvalue weighted by molar-refractivity contribution is 0.148. The van der Waals surface area contributed by atoms with Crippen LogP contribution in [0.15, 0.2) is 0 Å². The van der Waals surface area contributed by atoms with Gasteiger partial charge in [0.2, 0.25) is 0 Å². The van der Waals surface area contributed by atoms with Crippen LogP contribution < -0.4 is 5.48 Å². The van der Waals surface area contributed by atoms with E-state index in [0.717, 1.165) is 6.54 Å². The Morgan fingerprint density at radius 1 is 2.00 bits per heavy atom. The van der Waals surface area contributed by atoms with Crippen molar-refractivity contribution in [1.82, 2.24) is 5.48 Å². The van der Waals surface area contributed by atoms with E-state index in [9.17, 15) is 0 Å². The zero-order valence-corrected chi connectivity index (χ0v) is 4.73. The molecule has 1 radical (unpaired) electrons. The van der Waals surface area contributed by atoms with Gasteiger partial charge in [0.15, 0.2) is 0 Å². The van der Waals surface area contributed by atoms with Crippen LogP contribution in [0.5, 0.6) is 0 Å². The summed E-state index contributed by atoms with van der Waals surface area (Å²) in [5.74, 6) is 0. The fourth-order valence-electron chi connectivity index (χ4n) is 0.298. The number of rotatable bonds is 0. The number of hydroxylamine groups is 1. The number of nitrogens with one attached hydrogen (secondary N) is 1. The third-order valence-electron chi connectivity index (χ3n) is 0.577. The third kappa shape index (κ3) is 0.929. The first-order valence-corrected chi connectivity index (χ1v) is 2.67. The highest BCUT2D eigenvalue weighted by Crippen LogP contribution is 2.06. The molecule has 1 aliphatic rings. The van der Waals surface area contributed by atoms with E-state index in [1.54, 1.807) is 6.61 Å². The van der Waals surface area contributed by atoms with Crippen molar-refractivity contribution in [3.63, 3.8) is 0 Å². The molecule has 1 aliphatic heterocycles. The summed E-state index contributed by atoms with van der Waals surface area (Å²) in [4.78, 5) is 5.04. The molecule has 0 aliphatic carbocycles. The molecule has 1 N–H and O–H groups in total. The summed E-state index contributed by atoms with van der Waals surface area (Å²) in [6.07, 6.45) is 0. The molecule has 3 heteroatoms. The molecule has 0 saturated carbocycles. The first-order chi connectivity index (χ1) is 2.89. The van der Waals surface area contributed by atoms with Gasteiger partial charge in [0.1, 0.15) is 6.61 Å². The third-order valence-corrected chi connectivity index (χ3v) is 1.12. The van der Waals surface area contributed by atoms with Gasteiger partial charge in [0, 0.05) is 6.54 Å². The van der Waals surface area contributed by atoms with Crippen molar-refractivity contribution < 1.29 is 4.84 Å². The Morgan fingerprint density at radius 2 is 2.83 bits per heavy atom. The van der Waals surface area contributed by atoms with Gasteiger partial charge in [-0.05, 0) is 0 Å². The molecule has 1 atom stereocenters. The fraction of sp³-hybridized carbons (Fsp3) is 0.667. The first kappa shape index (κ1) is 4.56. The standard InChI is InChI=1S/C3H5BrNO/c4-3-1-5-6-2-3/h2-3,5H,1H2. The second-order valence-corrected chi connectivity index (χ2v) is 2.29. The SMILES string of the molecule is BrC1[CH]ONC1. The molecule has 0 amide bonds. The number of alkyl halides is 1. The van der Waals surface area contributed by atoms with E-state index in [0.29, 0.717) is 4.83 Å². The van der Waals surface area contributed by atoms with Crippen LogP contribution in [0, 0.1) is 6.61 Å². The normalized spacial score (nSPS) is 34.5. The molecule has 0 bridgehead atoms. The quantitative estimate of drug-likeness (QED) is 0.507. The Balaban J connectivity index is 2.18. The average molecular weight is 151 g/mol. The average Bonchev–Trinajstić information content (AvgIpc) is 1.86.